The van der Waals surface area contributed by atoms with Crippen LogP contribution in [0, 0.1) is 17.8 Å². The molecule has 2 aliphatic carbocycles. The maximum Gasteiger partial charge on any atom is 0.332 e. The minimum atomic E-state index is -0.232. The van der Waals surface area contributed by atoms with Crippen LogP contribution >= 0.6 is 0 Å². The number of pyridine rings is 1. The molecular formula is C27H38N6O2. The van der Waals surface area contributed by atoms with Crippen molar-refractivity contribution in [3.8, 4) is 0 Å². The van der Waals surface area contributed by atoms with E-state index in [1.165, 1.54) is 17.4 Å². The second-order valence-electron chi connectivity index (χ2n) is 10.4. The van der Waals surface area contributed by atoms with Gasteiger partial charge < -0.3 is 10.3 Å². The first-order valence-corrected chi connectivity index (χ1v) is 13.4. The molecule has 0 aliphatic heterocycles. The first-order chi connectivity index (χ1) is 17.1. The molecule has 2 fully saturated rings. The number of aromatic amines is 1. The van der Waals surface area contributed by atoms with Crippen molar-refractivity contribution in [3.05, 3.63) is 56.8 Å². The van der Waals surface area contributed by atoms with Crippen LogP contribution in [0.3, 0.4) is 0 Å². The first-order valence-electron chi connectivity index (χ1n) is 13.4. The monoisotopic (exact) mass is 478 g/mol. The Labute approximate surface area is 206 Å². The number of fused-ring (bicyclic) bond motifs is 3. The number of hydrogen-bond acceptors (Lipinski definition) is 5. The van der Waals surface area contributed by atoms with Gasteiger partial charge in [0.1, 0.15) is 11.3 Å². The molecule has 8 heteroatoms. The number of aryl methyl sites for hydroxylation is 1. The van der Waals surface area contributed by atoms with Crippen LogP contribution in [0.25, 0.3) is 11.2 Å². The molecule has 2 saturated carbocycles. The van der Waals surface area contributed by atoms with E-state index in [9.17, 15) is 9.59 Å². The fraction of sp³-hybridized carbons (Fsp3) is 0.630. The minimum absolute atomic E-state index is 0.230. The van der Waals surface area contributed by atoms with Crippen molar-refractivity contribution < 1.29 is 0 Å². The van der Waals surface area contributed by atoms with Crippen molar-refractivity contribution in [2.75, 3.05) is 13.1 Å². The molecule has 188 valence electrons. The van der Waals surface area contributed by atoms with Gasteiger partial charge >= 0.3 is 5.69 Å². The molecule has 8 nitrogen and oxygen atoms in total. The number of nitrogens with zero attached hydrogens (tertiary/aromatic N) is 4. The van der Waals surface area contributed by atoms with Crippen LogP contribution in [0.5, 0.6) is 0 Å². The molecule has 3 heterocycles. The Kier molecular flexibility index (Phi) is 7.18. The van der Waals surface area contributed by atoms with Gasteiger partial charge in [-0.1, -0.05) is 19.9 Å². The summed E-state index contributed by atoms with van der Waals surface area (Å²) in [7, 11) is 0. The fourth-order valence-electron chi connectivity index (χ4n) is 6.47. The summed E-state index contributed by atoms with van der Waals surface area (Å²) in [4.78, 5) is 38.8. The number of nitrogens with one attached hydrogen (secondary N) is 2. The lowest BCUT2D eigenvalue weighted by molar-refractivity contribution is 0.197. The lowest BCUT2D eigenvalue weighted by atomic mass is 9.73. The Morgan fingerprint density at radius 2 is 1.80 bits per heavy atom. The van der Waals surface area contributed by atoms with E-state index in [-0.39, 0.29) is 11.2 Å². The molecule has 3 aromatic rings. The van der Waals surface area contributed by atoms with Crippen LogP contribution in [0.2, 0.25) is 0 Å². The van der Waals surface area contributed by atoms with E-state index in [1.54, 1.807) is 4.57 Å². The maximum absolute atomic E-state index is 13.1. The molecular weight excluding hydrogens is 440 g/mol. The number of hydrogen-bond donors (Lipinski definition) is 2. The molecule has 0 amide bonds. The second-order valence-corrected chi connectivity index (χ2v) is 10.4. The molecule has 35 heavy (non-hydrogen) atoms. The van der Waals surface area contributed by atoms with Crippen molar-refractivity contribution in [2.24, 2.45) is 17.8 Å². The predicted molar refractivity (Wildman–Crippen MR) is 138 cm³/mol. The van der Waals surface area contributed by atoms with Crippen molar-refractivity contribution in [1.82, 2.24) is 29.4 Å². The highest BCUT2D eigenvalue weighted by Gasteiger charge is 2.43. The van der Waals surface area contributed by atoms with Gasteiger partial charge in [0.2, 0.25) is 0 Å². The third kappa shape index (κ3) is 4.73. The average Bonchev–Trinajstić information content (AvgIpc) is 3.41. The van der Waals surface area contributed by atoms with E-state index in [0.717, 1.165) is 56.7 Å². The molecule has 2 atom stereocenters. The molecule has 0 radical (unpaired) electrons. The minimum Gasteiger partial charge on any atom is -0.336 e. The molecule has 5 rings (SSSR count). The van der Waals surface area contributed by atoms with E-state index in [2.05, 4.69) is 21.4 Å². The molecule has 0 aromatic carbocycles. The van der Waals surface area contributed by atoms with Crippen LogP contribution in [-0.2, 0) is 19.5 Å². The molecule has 2 unspecified atom stereocenters. The molecule has 2 aliphatic rings. The zero-order valence-electron chi connectivity index (χ0n) is 21.0. The summed E-state index contributed by atoms with van der Waals surface area (Å²) in [5, 5.41) is 3.69. The standard InChI is InChI=1S/C27H38N6O2/c1-3-13-32-25-23(26(34)33(14-4-2)27(32)35)30-24(31-25)20-15-18-8-9-19(16-20)22(18)17-28-12-10-21-7-5-6-11-29-21/h5-7,11,18-20,22,28H,3-4,8-10,12-17H2,1-2H3,(H,30,31). The van der Waals surface area contributed by atoms with Crippen LogP contribution in [0.4, 0.5) is 0 Å². The van der Waals surface area contributed by atoms with E-state index in [4.69, 9.17) is 4.98 Å². The van der Waals surface area contributed by atoms with Crippen LogP contribution in [0.1, 0.15) is 69.8 Å². The van der Waals surface area contributed by atoms with Crippen molar-refractivity contribution >= 4 is 11.2 Å². The Bertz CT molecular complexity index is 1250. The molecule has 3 aromatic heterocycles. The van der Waals surface area contributed by atoms with Crippen LogP contribution < -0.4 is 16.6 Å². The Hall–Kier alpha value is -2.74. The first kappa shape index (κ1) is 24.0. The number of aromatic nitrogens is 5. The molecule has 2 N–H and O–H groups in total. The third-order valence-electron chi connectivity index (χ3n) is 8.12. The number of H-pyrrole nitrogens is 1. The second kappa shape index (κ2) is 10.5. The van der Waals surface area contributed by atoms with Gasteiger partial charge in [0.05, 0.1) is 0 Å². The van der Waals surface area contributed by atoms with Gasteiger partial charge in [0.15, 0.2) is 5.65 Å². The van der Waals surface area contributed by atoms with E-state index in [0.29, 0.717) is 47.9 Å². The van der Waals surface area contributed by atoms with Crippen molar-refractivity contribution in [3.63, 3.8) is 0 Å². The zero-order chi connectivity index (χ0) is 24.4. The summed E-state index contributed by atoms with van der Waals surface area (Å²) in [6, 6.07) is 6.09. The summed E-state index contributed by atoms with van der Waals surface area (Å²) in [5.74, 6) is 3.30. The topological polar surface area (TPSA) is 97.6 Å². The van der Waals surface area contributed by atoms with Gasteiger partial charge in [0, 0.05) is 43.9 Å². The maximum atomic E-state index is 13.1. The average molecular weight is 479 g/mol. The summed E-state index contributed by atoms with van der Waals surface area (Å²) in [6.45, 7) is 7.07. The highest BCUT2D eigenvalue weighted by atomic mass is 16.2. The van der Waals surface area contributed by atoms with Gasteiger partial charge in [-0.2, -0.15) is 0 Å². The Balaban J connectivity index is 1.30. The Morgan fingerprint density at radius 1 is 1.06 bits per heavy atom. The van der Waals surface area contributed by atoms with Gasteiger partial charge in [-0.3, -0.25) is 18.9 Å². The molecule has 2 bridgehead atoms. The van der Waals surface area contributed by atoms with Gasteiger partial charge in [0.25, 0.3) is 5.56 Å². The van der Waals surface area contributed by atoms with Crippen LogP contribution in [-0.4, -0.2) is 37.2 Å². The van der Waals surface area contributed by atoms with Gasteiger partial charge in [-0.05, 0) is 75.0 Å². The van der Waals surface area contributed by atoms with Crippen LogP contribution in [0.15, 0.2) is 34.0 Å². The van der Waals surface area contributed by atoms with Gasteiger partial charge in [-0.15, -0.1) is 0 Å². The molecule has 0 spiro atoms. The third-order valence-corrected chi connectivity index (χ3v) is 8.12. The smallest absolute Gasteiger partial charge is 0.332 e. The summed E-state index contributed by atoms with van der Waals surface area (Å²) in [5.41, 5.74) is 1.70. The summed E-state index contributed by atoms with van der Waals surface area (Å²) >= 11 is 0. The highest BCUT2D eigenvalue weighted by molar-refractivity contribution is 5.70. The lowest BCUT2D eigenvalue weighted by Crippen LogP contribution is -2.40. The van der Waals surface area contributed by atoms with Crippen molar-refractivity contribution in [2.45, 2.75) is 77.8 Å². The lowest BCUT2D eigenvalue weighted by Gasteiger charge is -2.34. The van der Waals surface area contributed by atoms with E-state index < -0.39 is 0 Å². The SMILES string of the molecule is CCCn1c(=O)c2[nH]c(C3CC4CCC(C3)C4CNCCc3ccccn3)nc2n(CCC)c1=O. The number of imidazole rings is 1. The largest absolute Gasteiger partial charge is 0.336 e. The van der Waals surface area contributed by atoms with E-state index in [1.807, 2.05) is 32.2 Å². The quantitative estimate of drug-likeness (QED) is 0.435. The summed E-state index contributed by atoms with van der Waals surface area (Å²) < 4.78 is 3.06. The van der Waals surface area contributed by atoms with Gasteiger partial charge in [-0.25, -0.2) is 9.78 Å². The Morgan fingerprint density at radius 3 is 2.49 bits per heavy atom. The van der Waals surface area contributed by atoms with Crippen molar-refractivity contribution in [1.29, 1.82) is 0 Å². The fourth-order valence-corrected chi connectivity index (χ4v) is 6.47. The zero-order valence-corrected chi connectivity index (χ0v) is 21.0. The number of rotatable bonds is 10. The summed E-state index contributed by atoms with van der Waals surface area (Å²) in [6.07, 6.45) is 9.14. The highest BCUT2D eigenvalue weighted by Crippen LogP contribution is 2.51. The predicted octanol–water partition coefficient (Wildman–Crippen LogP) is 3.45. The normalized spacial score (nSPS) is 23.8. The molecule has 0 saturated heterocycles. The van der Waals surface area contributed by atoms with E-state index >= 15 is 0 Å².